The third kappa shape index (κ3) is 3.86. The zero-order chi connectivity index (χ0) is 15.4. The van der Waals surface area contributed by atoms with Crippen LogP contribution in [0.4, 0.5) is 0 Å². The molecule has 0 bridgehead atoms. The summed E-state index contributed by atoms with van der Waals surface area (Å²) in [7, 11) is 3.60. The summed E-state index contributed by atoms with van der Waals surface area (Å²) in [6.07, 6.45) is 0. The molecule has 2 rings (SSSR count). The van der Waals surface area contributed by atoms with Crippen LogP contribution in [0.25, 0.3) is 0 Å². The topological polar surface area (TPSA) is 62.9 Å². The number of benzene rings is 1. The second-order valence-corrected chi connectivity index (χ2v) is 5.01. The SMILES string of the molecule is COc1ccc(CN(C)Cc2cc(C(=O)O)c(C)o2)cc1. The highest BCUT2D eigenvalue weighted by Crippen LogP contribution is 2.17. The summed E-state index contributed by atoms with van der Waals surface area (Å²) in [5.74, 6) is 0.964. The Labute approximate surface area is 123 Å². The fourth-order valence-electron chi connectivity index (χ4n) is 2.20. The van der Waals surface area contributed by atoms with Gasteiger partial charge in [0.2, 0.25) is 0 Å². The third-order valence-corrected chi connectivity index (χ3v) is 3.24. The van der Waals surface area contributed by atoms with Crippen LogP contribution < -0.4 is 4.74 Å². The predicted octanol–water partition coefficient (Wildman–Crippen LogP) is 2.93. The number of rotatable bonds is 6. The van der Waals surface area contributed by atoms with Crippen molar-refractivity contribution in [1.82, 2.24) is 4.90 Å². The molecule has 21 heavy (non-hydrogen) atoms. The zero-order valence-corrected chi connectivity index (χ0v) is 12.4. The lowest BCUT2D eigenvalue weighted by molar-refractivity contribution is 0.0695. The van der Waals surface area contributed by atoms with Crippen LogP contribution in [0.5, 0.6) is 5.75 Å². The third-order valence-electron chi connectivity index (χ3n) is 3.24. The number of carbonyl (C=O) groups is 1. The summed E-state index contributed by atoms with van der Waals surface area (Å²) in [6.45, 7) is 2.96. The smallest absolute Gasteiger partial charge is 0.339 e. The summed E-state index contributed by atoms with van der Waals surface area (Å²) in [4.78, 5) is 13.0. The van der Waals surface area contributed by atoms with Crippen molar-refractivity contribution in [3.05, 3.63) is 53.0 Å². The quantitative estimate of drug-likeness (QED) is 0.886. The molecule has 0 radical (unpaired) electrons. The fraction of sp³-hybridized carbons (Fsp3) is 0.312. The maximum atomic E-state index is 11.0. The Balaban J connectivity index is 1.99. The van der Waals surface area contributed by atoms with E-state index in [1.54, 1.807) is 20.1 Å². The lowest BCUT2D eigenvalue weighted by Crippen LogP contribution is -2.16. The highest BCUT2D eigenvalue weighted by molar-refractivity contribution is 5.88. The van der Waals surface area contributed by atoms with Gasteiger partial charge in [-0.25, -0.2) is 4.79 Å². The normalized spacial score (nSPS) is 10.9. The molecular weight excluding hydrogens is 270 g/mol. The van der Waals surface area contributed by atoms with E-state index < -0.39 is 5.97 Å². The van der Waals surface area contributed by atoms with Crippen LogP contribution in [0, 0.1) is 6.92 Å². The van der Waals surface area contributed by atoms with E-state index in [0.717, 1.165) is 17.9 Å². The van der Waals surface area contributed by atoms with Crippen LogP contribution >= 0.6 is 0 Å². The first-order valence-electron chi connectivity index (χ1n) is 6.63. The Morgan fingerprint density at radius 2 is 1.95 bits per heavy atom. The number of carboxylic acid groups (broad SMARTS) is 1. The second kappa shape index (κ2) is 6.45. The summed E-state index contributed by atoms with van der Waals surface area (Å²) in [5, 5.41) is 9.01. The zero-order valence-electron chi connectivity index (χ0n) is 12.4. The molecule has 0 atom stereocenters. The molecule has 2 aromatic rings. The van der Waals surface area contributed by atoms with Gasteiger partial charge in [0.1, 0.15) is 22.8 Å². The standard InChI is InChI=1S/C16H19NO4/c1-11-15(16(18)19)8-14(21-11)10-17(2)9-12-4-6-13(20-3)7-5-12/h4-8H,9-10H2,1-3H3,(H,18,19). The van der Waals surface area contributed by atoms with Crippen LogP contribution in [-0.4, -0.2) is 30.1 Å². The molecule has 0 aliphatic carbocycles. The number of hydrogen-bond donors (Lipinski definition) is 1. The summed E-state index contributed by atoms with van der Waals surface area (Å²) >= 11 is 0. The van der Waals surface area contributed by atoms with E-state index in [-0.39, 0.29) is 5.56 Å². The molecule has 1 heterocycles. The Hall–Kier alpha value is -2.27. The van der Waals surface area contributed by atoms with Gasteiger partial charge >= 0.3 is 5.97 Å². The van der Waals surface area contributed by atoms with Gasteiger partial charge in [-0.2, -0.15) is 0 Å². The molecule has 0 unspecified atom stereocenters. The van der Waals surface area contributed by atoms with E-state index in [4.69, 9.17) is 14.3 Å². The van der Waals surface area contributed by atoms with Gasteiger partial charge in [0.25, 0.3) is 0 Å². The van der Waals surface area contributed by atoms with Crippen LogP contribution in [-0.2, 0) is 13.1 Å². The van der Waals surface area contributed by atoms with Gasteiger partial charge in [-0.05, 0) is 37.7 Å². The van der Waals surface area contributed by atoms with Crippen LogP contribution in [0.3, 0.4) is 0 Å². The molecule has 1 aromatic carbocycles. The number of aromatic carboxylic acids is 1. The van der Waals surface area contributed by atoms with Crippen LogP contribution in [0.2, 0.25) is 0 Å². The molecule has 0 fully saturated rings. The molecule has 5 nitrogen and oxygen atoms in total. The monoisotopic (exact) mass is 289 g/mol. The summed E-state index contributed by atoms with van der Waals surface area (Å²) in [5.41, 5.74) is 1.38. The van der Waals surface area contributed by atoms with Crippen molar-refractivity contribution < 1.29 is 19.1 Å². The minimum atomic E-state index is -0.958. The van der Waals surface area contributed by atoms with Crippen LogP contribution in [0.15, 0.2) is 34.7 Å². The molecule has 0 saturated heterocycles. The lowest BCUT2D eigenvalue weighted by Gasteiger charge is -2.15. The van der Waals surface area contributed by atoms with Gasteiger partial charge in [0.05, 0.1) is 13.7 Å². The number of nitrogens with zero attached hydrogens (tertiary/aromatic N) is 1. The maximum Gasteiger partial charge on any atom is 0.339 e. The Morgan fingerprint density at radius 3 is 2.48 bits per heavy atom. The van der Waals surface area contributed by atoms with E-state index in [2.05, 4.69) is 4.90 Å². The number of carboxylic acids is 1. The Morgan fingerprint density at radius 1 is 1.29 bits per heavy atom. The van der Waals surface area contributed by atoms with Crippen molar-refractivity contribution in [2.75, 3.05) is 14.2 Å². The van der Waals surface area contributed by atoms with Gasteiger partial charge < -0.3 is 14.3 Å². The largest absolute Gasteiger partial charge is 0.497 e. The van der Waals surface area contributed by atoms with Crippen molar-refractivity contribution in [3.8, 4) is 5.75 Å². The van der Waals surface area contributed by atoms with Gasteiger partial charge in [-0.1, -0.05) is 12.1 Å². The van der Waals surface area contributed by atoms with Gasteiger partial charge in [0.15, 0.2) is 0 Å². The van der Waals surface area contributed by atoms with Crippen molar-refractivity contribution >= 4 is 5.97 Å². The Kier molecular flexibility index (Phi) is 4.65. The molecule has 0 aliphatic heterocycles. The first kappa shape index (κ1) is 15.1. The minimum Gasteiger partial charge on any atom is -0.497 e. The van der Waals surface area contributed by atoms with Crippen molar-refractivity contribution in [2.45, 2.75) is 20.0 Å². The second-order valence-electron chi connectivity index (χ2n) is 5.01. The molecule has 1 aromatic heterocycles. The fourth-order valence-corrected chi connectivity index (χ4v) is 2.20. The average Bonchev–Trinajstić information content (AvgIpc) is 2.80. The van der Waals surface area contributed by atoms with Gasteiger partial charge in [0, 0.05) is 6.54 Å². The molecule has 112 valence electrons. The number of hydrogen-bond acceptors (Lipinski definition) is 4. The molecule has 0 spiro atoms. The van der Waals surface area contributed by atoms with E-state index in [9.17, 15) is 4.79 Å². The summed E-state index contributed by atoms with van der Waals surface area (Å²) < 4.78 is 10.6. The number of methoxy groups -OCH3 is 1. The van der Waals surface area contributed by atoms with Crippen LogP contribution in [0.1, 0.15) is 27.4 Å². The number of aryl methyl sites for hydroxylation is 1. The predicted molar refractivity (Wildman–Crippen MR) is 78.6 cm³/mol. The first-order chi connectivity index (χ1) is 9.99. The van der Waals surface area contributed by atoms with E-state index in [1.807, 2.05) is 31.3 Å². The number of ether oxygens (including phenoxy) is 1. The molecule has 0 amide bonds. The van der Waals surface area contributed by atoms with Crippen molar-refractivity contribution in [3.63, 3.8) is 0 Å². The number of furan rings is 1. The lowest BCUT2D eigenvalue weighted by atomic mass is 10.2. The Bertz CT molecular complexity index is 616. The van der Waals surface area contributed by atoms with Gasteiger partial charge in [-0.3, -0.25) is 4.90 Å². The minimum absolute atomic E-state index is 0.225. The van der Waals surface area contributed by atoms with Crippen molar-refractivity contribution in [1.29, 1.82) is 0 Å². The van der Waals surface area contributed by atoms with E-state index in [1.165, 1.54) is 0 Å². The van der Waals surface area contributed by atoms with E-state index >= 15 is 0 Å². The van der Waals surface area contributed by atoms with Gasteiger partial charge in [-0.15, -0.1) is 0 Å². The molecule has 0 aliphatic rings. The highest BCUT2D eigenvalue weighted by Gasteiger charge is 2.14. The average molecular weight is 289 g/mol. The molecule has 0 saturated carbocycles. The highest BCUT2D eigenvalue weighted by atomic mass is 16.5. The van der Waals surface area contributed by atoms with Crippen molar-refractivity contribution in [2.24, 2.45) is 0 Å². The van der Waals surface area contributed by atoms with E-state index in [0.29, 0.717) is 18.1 Å². The molecule has 5 heteroatoms. The molecule has 1 N–H and O–H groups in total. The summed E-state index contributed by atoms with van der Waals surface area (Å²) in [6, 6.07) is 9.43. The first-order valence-corrected chi connectivity index (χ1v) is 6.63. The maximum absolute atomic E-state index is 11.0. The molecular formula is C16H19NO4.